The largest absolute Gasteiger partial charge is 0.395 e. The molecule has 1 saturated heterocycles. The van der Waals surface area contributed by atoms with Crippen molar-refractivity contribution in [2.24, 2.45) is 11.7 Å². The van der Waals surface area contributed by atoms with Crippen LogP contribution in [0.4, 0.5) is 0 Å². The first-order valence-corrected chi connectivity index (χ1v) is 7.39. The van der Waals surface area contributed by atoms with Crippen molar-refractivity contribution in [1.29, 1.82) is 0 Å². The lowest BCUT2D eigenvalue weighted by molar-refractivity contribution is -0.0138. The topological polar surface area (TPSA) is 58.7 Å². The van der Waals surface area contributed by atoms with Crippen LogP contribution in [0.5, 0.6) is 0 Å². The third-order valence-corrected chi connectivity index (χ3v) is 4.75. The quantitative estimate of drug-likeness (QED) is 0.770. The summed E-state index contributed by atoms with van der Waals surface area (Å²) in [6.45, 7) is 1.76. The Kier molecular flexibility index (Phi) is 5.42. The molecule has 0 aromatic carbocycles. The smallest absolute Gasteiger partial charge is 0.0629 e. The second kappa shape index (κ2) is 6.85. The molecule has 4 heteroatoms. The van der Waals surface area contributed by atoms with Gasteiger partial charge in [0.2, 0.25) is 0 Å². The fourth-order valence-corrected chi connectivity index (χ4v) is 3.86. The molecule has 1 saturated carbocycles. The first kappa shape index (κ1) is 14.3. The Hall–Kier alpha value is -0.160. The lowest BCUT2D eigenvalue weighted by Crippen LogP contribution is -2.59. The number of ether oxygens (including phenoxy) is 1. The molecule has 2 rings (SSSR count). The first-order chi connectivity index (χ1) is 8.77. The standard InChI is InChI=1S/C14H28N2O2/c1-18-10-12(15)14(9-17)16-8-4-6-11-5-2-3-7-13(11)16/h11-14,17H,2-10,15H2,1H3/t11-,12?,13-,14?/m1/s1. The highest BCUT2D eigenvalue weighted by atomic mass is 16.5. The normalized spacial score (nSPS) is 32.8. The molecule has 4 nitrogen and oxygen atoms in total. The molecule has 0 amide bonds. The third kappa shape index (κ3) is 3.05. The number of nitrogens with zero attached hydrogens (tertiary/aromatic N) is 1. The van der Waals surface area contributed by atoms with E-state index in [1.807, 2.05) is 0 Å². The van der Waals surface area contributed by atoms with Crippen molar-refractivity contribution in [2.75, 3.05) is 26.9 Å². The zero-order valence-corrected chi connectivity index (χ0v) is 11.6. The van der Waals surface area contributed by atoms with Crippen LogP contribution < -0.4 is 5.73 Å². The Balaban J connectivity index is 2.03. The van der Waals surface area contributed by atoms with Gasteiger partial charge in [0.25, 0.3) is 0 Å². The van der Waals surface area contributed by atoms with Crippen LogP contribution in [0.15, 0.2) is 0 Å². The Morgan fingerprint density at radius 1 is 1.28 bits per heavy atom. The Morgan fingerprint density at radius 2 is 2.00 bits per heavy atom. The predicted octanol–water partition coefficient (Wildman–Crippen LogP) is 0.976. The van der Waals surface area contributed by atoms with Gasteiger partial charge in [-0.1, -0.05) is 12.8 Å². The minimum absolute atomic E-state index is 0.0656. The van der Waals surface area contributed by atoms with E-state index < -0.39 is 0 Å². The third-order valence-electron chi connectivity index (χ3n) is 4.75. The van der Waals surface area contributed by atoms with Crippen LogP contribution >= 0.6 is 0 Å². The summed E-state index contributed by atoms with van der Waals surface area (Å²) in [5.74, 6) is 0.830. The molecule has 1 aliphatic heterocycles. The van der Waals surface area contributed by atoms with Gasteiger partial charge < -0.3 is 15.6 Å². The highest BCUT2D eigenvalue weighted by Crippen LogP contribution is 2.36. The number of nitrogens with two attached hydrogens (primary N) is 1. The molecule has 0 radical (unpaired) electrons. The van der Waals surface area contributed by atoms with E-state index in [4.69, 9.17) is 10.5 Å². The van der Waals surface area contributed by atoms with Gasteiger partial charge in [0, 0.05) is 19.2 Å². The molecule has 2 fully saturated rings. The van der Waals surface area contributed by atoms with E-state index in [1.165, 1.54) is 38.5 Å². The molecule has 2 aliphatic rings. The highest BCUT2D eigenvalue weighted by Gasteiger charge is 2.38. The second-order valence-corrected chi connectivity index (χ2v) is 5.86. The Bertz CT molecular complexity index is 248. The Labute approximate surface area is 110 Å². The van der Waals surface area contributed by atoms with E-state index in [0.29, 0.717) is 12.6 Å². The van der Waals surface area contributed by atoms with Crippen molar-refractivity contribution >= 4 is 0 Å². The van der Waals surface area contributed by atoms with Gasteiger partial charge in [-0.2, -0.15) is 0 Å². The van der Waals surface area contributed by atoms with Crippen LogP contribution in [0, 0.1) is 5.92 Å². The molecule has 1 heterocycles. The lowest BCUT2D eigenvalue weighted by Gasteiger charge is -2.48. The maximum absolute atomic E-state index is 9.69. The van der Waals surface area contributed by atoms with E-state index in [1.54, 1.807) is 7.11 Å². The maximum Gasteiger partial charge on any atom is 0.0629 e. The molecule has 4 atom stereocenters. The van der Waals surface area contributed by atoms with Crippen molar-refractivity contribution in [3.63, 3.8) is 0 Å². The summed E-state index contributed by atoms with van der Waals surface area (Å²) in [5.41, 5.74) is 6.16. The van der Waals surface area contributed by atoms with Gasteiger partial charge in [-0.15, -0.1) is 0 Å². The van der Waals surface area contributed by atoms with Crippen LogP contribution in [0.25, 0.3) is 0 Å². The zero-order chi connectivity index (χ0) is 13.0. The minimum Gasteiger partial charge on any atom is -0.395 e. The van der Waals surface area contributed by atoms with Crippen molar-refractivity contribution in [3.05, 3.63) is 0 Å². The van der Waals surface area contributed by atoms with E-state index in [-0.39, 0.29) is 18.7 Å². The molecular formula is C14H28N2O2. The van der Waals surface area contributed by atoms with Gasteiger partial charge >= 0.3 is 0 Å². The van der Waals surface area contributed by atoms with Gasteiger partial charge in [0.1, 0.15) is 0 Å². The van der Waals surface area contributed by atoms with Crippen LogP contribution in [-0.4, -0.2) is 55.0 Å². The van der Waals surface area contributed by atoms with Gasteiger partial charge in [0.05, 0.1) is 19.3 Å². The zero-order valence-electron chi connectivity index (χ0n) is 11.6. The molecule has 18 heavy (non-hydrogen) atoms. The molecule has 0 aromatic heterocycles. The second-order valence-electron chi connectivity index (χ2n) is 5.86. The Morgan fingerprint density at radius 3 is 2.72 bits per heavy atom. The number of methoxy groups -OCH3 is 1. The monoisotopic (exact) mass is 256 g/mol. The number of rotatable bonds is 5. The number of fused-ring (bicyclic) bond motifs is 1. The molecule has 0 bridgehead atoms. The van der Waals surface area contributed by atoms with Gasteiger partial charge in [-0.3, -0.25) is 4.90 Å². The van der Waals surface area contributed by atoms with Crippen LogP contribution in [0.3, 0.4) is 0 Å². The predicted molar refractivity (Wildman–Crippen MR) is 72.4 cm³/mol. The number of aliphatic hydroxyl groups is 1. The molecular weight excluding hydrogens is 228 g/mol. The summed E-state index contributed by atoms with van der Waals surface area (Å²) < 4.78 is 5.15. The van der Waals surface area contributed by atoms with Crippen LogP contribution in [0.2, 0.25) is 0 Å². The van der Waals surface area contributed by atoms with E-state index in [0.717, 1.165) is 12.5 Å². The maximum atomic E-state index is 9.69. The average molecular weight is 256 g/mol. The van der Waals surface area contributed by atoms with E-state index in [2.05, 4.69) is 4.90 Å². The summed E-state index contributed by atoms with van der Waals surface area (Å²) in [5, 5.41) is 9.69. The first-order valence-electron chi connectivity index (χ1n) is 7.39. The van der Waals surface area contributed by atoms with Crippen molar-refractivity contribution in [3.8, 4) is 0 Å². The summed E-state index contributed by atoms with van der Waals surface area (Å²) in [6.07, 6.45) is 7.95. The van der Waals surface area contributed by atoms with Gasteiger partial charge in [-0.25, -0.2) is 0 Å². The SMILES string of the molecule is COCC(N)C(CO)N1CCC[C@H]2CCCC[C@H]21. The summed E-state index contributed by atoms with van der Waals surface area (Å²) in [7, 11) is 1.67. The van der Waals surface area contributed by atoms with Crippen LogP contribution in [-0.2, 0) is 4.74 Å². The number of likely N-dealkylation sites (tertiary alicyclic amines) is 1. The molecule has 0 spiro atoms. The lowest BCUT2D eigenvalue weighted by atomic mass is 9.77. The van der Waals surface area contributed by atoms with Crippen molar-refractivity contribution in [2.45, 2.75) is 56.7 Å². The average Bonchev–Trinajstić information content (AvgIpc) is 2.40. The number of aliphatic hydroxyl groups excluding tert-OH is 1. The van der Waals surface area contributed by atoms with Crippen molar-refractivity contribution in [1.82, 2.24) is 4.90 Å². The molecule has 0 aromatic rings. The van der Waals surface area contributed by atoms with E-state index in [9.17, 15) is 5.11 Å². The van der Waals surface area contributed by atoms with Crippen molar-refractivity contribution < 1.29 is 9.84 Å². The molecule has 1 aliphatic carbocycles. The minimum atomic E-state index is -0.0827. The number of piperidine rings is 1. The summed E-state index contributed by atoms with van der Waals surface area (Å²) >= 11 is 0. The van der Waals surface area contributed by atoms with Gasteiger partial charge in [0.15, 0.2) is 0 Å². The van der Waals surface area contributed by atoms with Gasteiger partial charge in [-0.05, 0) is 38.1 Å². The fraction of sp³-hybridized carbons (Fsp3) is 1.00. The molecule has 3 N–H and O–H groups in total. The fourth-order valence-electron chi connectivity index (χ4n) is 3.86. The number of hydrogen-bond donors (Lipinski definition) is 2. The molecule has 2 unspecified atom stereocenters. The van der Waals surface area contributed by atoms with Crippen LogP contribution in [0.1, 0.15) is 38.5 Å². The highest BCUT2D eigenvalue weighted by molar-refractivity contribution is 4.93. The van der Waals surface area contributed by atoms with E-state index >= 15 is 0 Å². The summed E-state index contributed by atoms with van der Waals surface area (Å²) in [6, 6.07) is 0.629. The number of hydrogen-bond acceptors (Lipinski definition) is 4. The molecule has 106 valence electrons. The summed E-state index contributed by atoms with van der Waals surface area (Å²) in [4.78, 5) is 2.48.